The van der Waals surface area contributed by atoms with Crippen molar-refractivity contribution < 1.29 is 18.0 Å². The van der Waals surface area contributed by atoms with Gasteiger partial charge in [-0.05, 0) is 45.6 Å². The molecule has 1 aliphatic rings. The number of nitrogens with zero attached hydrogens (tertiary/aromatic N) is 2. The number of rotatable bonds is 4. The van der Waals surface area contributed by atoms with Crippen LogP contribution in [0.25, 0.3) is 5.57 Å². The molecule has 2 rings (SSSR count). The van der Waals surface area contributed by atoms with E-state index in [0.717, 1.165) is 19.3 Å². The van der Waals surface area contributed by atoms with Gasteiger partial charge < -0.3 is 0 Å². The first-order valence-corrected chi connectivity index (χ1v) is 8.42. The van der Waals surface area contributed by atoms with E-state index in [1.165, 1.54) is 31.2 Å². The number of halogens is 3. The lowest BCUT2D eigenvalue weighted by Crippen LogP contribution is -2.40. The van der Waals surface area contributed by atoms with E-state index in [-0.39, 0.29) is 23.4 Å². The quantitative estimate of drug-likeness (QED) is 0.574. The largest absolute Gasteiger partial charge is 0.417 e. The predicted molar refractivity (Wildman–Crippen MR) is 93.2 cm³/mol. The third-order valence-electron chi connectivity index (χ3n) is 4.43. The van der Waals surface area contributed by atoms with Crippen molar-refractivity contribution in [3.8, 4) is 0 Å². The molecule has 1 fully saturated rings. The molecule has 0 bridgehead atoms. The molecule has 0 N–H and O–H groups in total. The van der Waals surface area contributed by atoms with Crippen molar-refractivity contribution in [2.45, 2.75) is 58.3 Å². The molecular formula is C19H23F3N2O. The highest BCUT2D eigenvalue weighted by atomic mass is 19.4. The van der Waals surface area contributed by atoms with E-state index in [1.54, 1.807) is 6.07 Å². The number of piperidine rings is 1. The van der Waals surface area contributed by atoms with Crippen molar-refractivity contribution >= 4 is 17.1 Å². The van der Waals surface area contributed by atoms with E-state index in [1.807, 2.05) is 18.9 Å². The summed E-state index contributed by atoms with van der Waals surface area (Å²) >= 11 is 0. The molecule has 25 heavy (non-hydrogen) atoms. The minimum absolute atomic E-state index is 0.0316. The van der Waals surface area contributed by atoms with Gasteiger partial charge in [-0.3, -0.25) is 9.80 Å². The Bertz CT molecular complexity index is 655. The summed E-state index contributed by atoms with van der Waals surface area (Å²) in [7, 11) is 0. The Balaban J connectivity index is 2.30. The maximum atomic E-state index is 13.3. The first kappa shape index (κ1) is 19.2. The van der Waals surface area contributed by atoms with Crippen LogP contribution in [0.2, 0.25) is 0 Å². The number of carbonyl (C=O) groups excluding carboxylic acids is 1. The second-order valence-corrected chi connectivity index (χ2v) is 6.48. The molecule has 0 amide bonds. The normalized spacial score (nSPS) is 22.9. The molecule has 0 saturated carbocycles. The van der Waals surface area contributed by atoms with Crippen LogP contribution in [-0.4, -0.2) is 34.8 Å². The lowest BCUT2D eigenvalue weighted by molar-refractivity contribution is -0.109. The molecule has 1 aromatic rings. The van der Waals surface area contributed by atoms with Gasteiger partial charge in [-0.15, -0.1) is 0 Å². The van der Waals surface area contributed by atoms with Crippen LogP contribution in [0.15, 0.2) is 41.5 Å². The van der Waals surface area contributed by atoms with Crippen molar-refractivity contribution in [1.82, 2.24) is 5.01 Å². The van der Waals surface area contributed by atoms with Crippen molar-refractivity contribution in [1.29, 1.82) is 0 Å². The molecule has 0 aromatic heterocycles. The zero-order chi connectivity index (χ0) is 18.6. The summed E-state index contributed by atoms with van der Waals surface area (Å²) in [5, 5.41) is 6.15. The van der Waals surface area contributed by atoms with Gasteiger partial charge in [0.25, 0.3) is 0 Å². The second-order valence-electron chi connectivity index (χ2n) is 6.48. The highest BCUT2D eigenvalue weighted by Crippen LogP contribution is 2.33. The highest BCUT2D eigenvalue weighted by Gasteiger charge is 2.35. The van der Waals surface area contributed by atoms with Gasteiger partial charge in [0.15, 0.2) is 0 Å². The standard InChI is InChI=1S/C19H23F3N2O/c1-13-8-7-9-14(2)24(13)23-15(3)18(25)12-17(19(20,21)22)16-10-5-4-6-11-16/h4-6,10-14H,7-9H2,1-3H3/b17-12-,23-15+. The summed E-state index contributed by atoms with van der Waals surface area (Å²) in [6.07, 6.45) is -0.949. The number of benzene rings is 1. The predicted octanol–water partition coefficient (Wildman–Crippen LogP) is 4.84. The van der Waals surface area contributed by atoms with Gasteiger partial charge in [0, 0.05) is 18.2 Å². The zero-order valence-corrected chi connectivity index (χ0v) is 14.7. The number of hydrazone groups is 1. The lowest BCUT2D eigenvalue weighted by atomic mass is 10.00. The fourth-order valence-corrected chi connectivity index (χ4v) is 3.01. The Morgan fingerprint density at radius 2 is 1.72 bits per heavy atom. The van der Waals surface area contributed by atoms with Crippen LogP contribution in [0.1, 0.15) is 45.6 Å². The van der Waals surface area contributed by atoms with Crippen molar-refractivity contribution in [3.63, 3.8) is 0 Å². The molecule has 6 heteroatoms. The van der Waals surface area contributed by atoms with E-state index in [4.69, 9.17) is 0 Å². The Kier molecular flexibility index (Phi) is 6.03. The molecule has 2 unspecified atom stereocenters. The molecular weight excluding hydrogens is 329 g/mol. The molecule has 0 aliphatic carbocycles. The van der Waals surface area contributed by atoms with Crippen LogP contribution in [0.4, 0.5) is 13.2 Å². The summed E-state index contributed by atoms with van der Waals surface area (Å²) in [4.78, 5) is 12.3. The van der Waals surface area contributed by atoms with Crippen LogP contribution in [-0.2, 0) is 4.79 Å². The van der Waals surface area contributed by atoms with E-state index in [0.29, 0.717) is 6.08 Å². The lowest BCUT2D eigenvalue weighted by Gasteiger charge is -2.37. The monoisotopic (exact) mass is 352 g/mol. The SMILES string of the molecule is C/C(=N\N1C(C)CCCC1C)C(=O)/C=C(/c1ccccc1)C(F)(F)F. The molecule has 0 spiro atoms. The van der Waals surface area contributed by atoms with Crippen molar-refractivity contribution in [3.05, 3.63) is 42.0 Å². The first-order valence-electron chi connectivity index (χ1n) is 8.42. The maximum Gasteiger partial charge on any atom is 0.417 e. The van der Waals surface area contributed by atoms with Gasteiger partial charge in [-0.25, -0.2) is 0 Å². The Hall–Kier alpha value is -2.11. The topological polar surface area (TPSA) is 32.7 Å². The van der Waals surface area contributed by atoms with Crippen molar-refractivity contribution in [2.24, 2.45) is 5.10 Å². The molecule has 3 nitrogen and oxygen atoms in total. The van der Waals surface area contributed by atoms with Crippen LogP contribution < -0.4 is 0 Å². The second kappa shape index (κ2) is 7.85. The molecule has 2 atom stereocenters. The zero-order valence-electron chi connectivity index (χ0n) is 14.7. The third-order valence-corrected chi connectivity index (χ3v) is 4.43. The minimum atomic E-state index is -4.61. The van der Waals surface area contributed by atoms with Gasteiger partial charge in [0.05, 0.1) is 5.57 Å². The fraction of sp³-hybridized carbons (Fsp3) is 0.474. The molecule has 0 radical (unpaired) electrons. The summed E-state index contributed by atoms with van der Waals surface area (Å²) in [6, 6.07) is 7.68. The van der Waals surface area contributed by atoms with Gasteiger partial charge in [-0.1, -0.05) is 30.3 Å². The smallest absolute Gasteiger partial charge is 0.291 e. The van der Waals surface area contributed by atoms with E-state index >= 15 is 0 Å². The average Bonchev–Trinajstić information content (AvgIpc) is 2.55. The number of allylic oxidation sites excluding steroid dienone is 2. The number of alkyl halides is 3. The van der Waals surface area contributed by atoms with E-state index < -0.39 is 17.5 Å². The van der Waals surface area contributed by atoms with Gasteiger partial charge in [0.1, 0.15) is 5.71 Å². The third kappa shape index (κ3) is 4.94. The number of carbonyl (C=O) groups is 1. The Morgan fingerprint density at radius 3 is 2.24 bits per heavy atom. The van der Waals surface area contributed by atoms with Gasteiger partial charge in [-0.2, -0.15) is 18.3 Å². The number of ketones is 1. The molecule has 1 aliphatic heterocycles. The molecule has 136 valence electrons. The maximum absolute atomic E-state index is 13.3. The van der Waals surface area contributed by atoms with Crippen LogP contribution in [0.3, 0.4) is 0 Å². The van der Waals surface area contributed by atoms with Gasteiger partial charge >= 0.3 is 6.18 Å². The summed E-state index contributed by atoms with van der Waals surface area (Å²) in [5.41, 5.74) is -0.915. The molecule has 1 heterocycles. The van der Waals surface area contributed by atoms with Crippen LogP contribution in [0, 0.1) is 0 Å². The Labute approximate surface area is 146 Å². The highest BCUT2D eigenvalue weighted by molar-refractivity contribution is 6.44. The summed E-state index contributed by atoms with van der Waals surface area (Å²) in [5.74, 6) is -0.721. The molecule has 1 aromatic carbocycles. The summed E-state index contributed by atoms with van der Waals surface area (Å²) < 4.78 is 40.0. The van der Waals surface area contributed by atoms with Gasteiger partial charge in [0.2, 0.25) is 5.78 Å². The van der Waals surface area contributed by atoms with Crippen LogP contribution >= 0.6 is 0 Å². The summed E-state index contributed by atoms with van der Waals surface area (Å²) in [6.45, 7) is 5.49. The first-order chi connectivity index (χ1) is 11.7. The fourth-order valence-electron chi connectivity index (χ4n) is 3.01. The number of hydrogen-bond acceptors (Lipinski definition) is 3. The van der Waals surface area contributed by atoms with Crippen LogP contribution in [0.5, 0.6) is 0 Å². The minimum Gasteiger partial charge on any atom is -0.291 e. The van der Waals surface area contributed by atoms with E-state index in [2.05, 4.69) is 5.10 Å². The average molecular weight is 352 g/mol. The van der Waals surface area contributed by atoms with Crippen molar-refractivity contribution in [2.75, 3.05) is 0 Å². The molecule has 1 saturated heterocycles. The Morgan fingerprint density at radius 1 is 1.16 bits per heavy atom. The van der Waals surface area contributed by atoms with E-state index in [9.17, 15) is 18.0 Å². The number of hydrogen-bond donors (Lipinski definition) is 0.